The Balaban J connectivity index is 0.00000112. The minimum atomic E-state index is -0.985. The summed E-state index contributed by atoms with van der Waals surface area (Å²) in [6.45, 7) is 0. The van der Waals surface area contributed by atoms with Crippen LogP contribution >= 0.6 is 32.9 Å². The second-order valence-electron chi connectivity index (χ2n) is 2.83. The molecule has 0 saturated carbocycles. The predicted octanol–water partition coefficient (Wildman–Crippen LogP) is 2.01. The van der Waals surface area contributed by atoms with E-state index >= 15 is 0 Å². The molecule has 2 rings (SSSR count). The fourth-order valence-corrected chi connectivity index (χ4v) is 1.69. The van der Waals surface area contributed by atoms with E-state index < -0.39 is 5.97 Å². The molecule has 2 aromatic heterocycles. The topological polar surface area (TPSA) is 68.0 Å². The molecule has 5 nitrogen and oxygen atoms in total. The lowest BCUT2D eigenvalue weighted by Crippen LogP contribution is -2.01. The summed E-state index contributed by atoms with van der Waals surface area (Å²) < 4.78 is 2.11. The number of imidazole rings is 1. The summed E-state index contributed by atoms with van der Waals surface area (Å²) in [6.07, 6.45) is 1.54. The molecule has 0 amide bonds. The first-order chi connectivity index (χ1) is 6.59. The molecule has 2 aromatic rings. The molecule has 0 radical (unpaired) electrons. The normalized spacial score (nSPS) is 10.0. The van der Waals surface area contributed by atoms with Gasteiger partial charge in [0, 0.05) is 7.05 Å². The molecule has 0 aliphatic heterocycles. The highest BCUT2D eigenvalue weighted by Gasteiger charge is 2.14. The second kappa shape index (κ2) is 4.28. The molecule has 0 bridgehead atoms. The first-order valence-electron chi connectivity index (χ1n) is 3.80. The number of aromatic carboxylic acids is 1. The maximum absolute atomic E-state index is 10.9. The summed E-state index contributed by atoms with van der Waals surface area (Å²) in [5.74, 6) is -0.985. The van der Waals surface area contributed by atoms with Crippen LogP contribution in [0.4, 0.5) is 0 Å². The summed E-state index contributed by atoms with van der Waals surface area (Å²) in [6, 6.07) is 1.46. The molecule has 0 spiro atoms. The molecule has 0 fully saturated rings. The molecule has 0 saturated heterocycles. The van der Waals surface area contributed by atoms with Gasteiger partial charge in [-0.15, -0.1) is 17.0 Å². The van der Waals surface area contributed by atoms with Crippen LogP contribution in [0.2, 0.25) is 0 Å². The minimum Gasteiger partial charge on any atom is -0.478 e. The van der Waals surface area contributed by atoms with Crippen molar-refractivity contribution in [3.63, 3.8) is 0 Å². The van der Waals surface area contributed by atoms with Gasteiger partial charge in [-0.1, -0.05) is 0 Å². The van der Waals surface area contributed by atoms with E-state index in [9.17, 15) is 4.79 Å². The average Bonchev–Trinajstić information content (AvgIpc) is 2.46. The van der Waals surface area contributed by atoms with Crippen LogP contribution in [0, 0.1) is 0 Å². The number of halogens is 2. The van der Waals surface area contributed by atoms with Crippen molar-refractivity contribution in [2.24, 2.45) is 7.05 Å². The van der Waals surface area contributed by atoms with E-state index in [1.165, 1.54) is 12.4 Å². The third-order valence-electron chi connectivity index (χ3n) is 1.88. The van der Waals surface area contributed by atoms with E-state index in [1.54, 1.807) is 11.6 Å². The average molecular weight is 337 g/mol. The molecule has 1 N–H and O–H groups in total. The SMILES string of the molecule is Br.Cn1cnc2nc(Br)cc(C(=O)O)c21. The summed E-state index contributed by atoms with van der Waals surface area (Å²) in [7, 11) is 1.73. The smallest absolute Gasteiger partial charge is 0.338 e. The Morgan fingerprint density at radius 2 is 2.27 bits per heavy atom. The van der Waals surface area contributed by atoms with Gasteiger partial charge in [-0.2, -0.15) is 0 Å². The first kappa shape index (κ1) is 12.1. The van der Waals surface area contributed by atoms with E-state index in [0.717, 1.165) is 0 Å². The van der Waals surface area contributed by atoms with Gasteiger partial charge in [0.25, 0.3) is 0 Å². The Labute approximate surface area is 104 Å². The number of carboxylic acids is 1. The number of hydrogen-bond donors (Lipinski definition) is 1. The van der Waals surface area contributed by atoms with Crippen molar-refractivity contribution in [1.29, 1.82) is 0 Å². The fourth-order valence-electron chi connectivity index (χ4n) is 1.29. The Hall–Kier alpha value is -0.950. The third-order valence-corrected chi connectivity index (χ3v) is 2.29. The van der Waals surface area contributed by atoms with Gasteiger partial charge in [0.2, 0.25) is 0 Å². The Morgan fingerprint density at radius 3 is 2.87 bits per heavy atom. The molecule has 7 heteroatoms. The Morgan fingerprint density at radius 1 is 1.60 bits per heavy atom. The van der Waals surface area contributed by atoms with Gasteiger partial charge >= 0.3 is 5.97 Å². The molecule has 2 heterocycles. The zero-order chi connectivity index (χ0) is 10.3. The van der Waals surface area contributed by atoms with Crippen LogP contribution in [0.3, 0.4) is 0 Å². The van der Waals surface area contributed by atoms with Crippen molar-refractivity contribution in [2.45, 2.75) is 0 Å². The molecule has 0 aliphatic carbocycles. The van der Waals surface area contributed by atoms with Gasteiger partial charge in [-0.3, -0.25) is 0 Å². The van der Waals surface area contributed by atoms with Gasteiger partial charge < -0.3 is 9.67 Å². The van der Waals surface area contributed by atoms with Crippen LogP contribution in [-0.2, 0) is 7.05 Å². The van der Waals surface area contributed by atoms with E-state index in [0.29, 0.717) is 15.8 Å². The fraction of sp³-hybridized carbons (Fsp3) is 0.125. The standard InChI is InChI=1S/C8H6BrN3O2.BrH/c1-12-3-10-7-6(12)4(8(13)14)2-5(9)11-7;/h2-3H,1H3,(H,13,14);1H. The molecular formula is C8H7Br2N3O2. The maximum Gasteiger partial charge on any atom is 0.338 e. The van der Waals surface area contributed by atoms with E-state index in [2.05, 4.69) is 25.9 Å². The van der Waals surface area contributed by atoms with Crippen LogP contribution in [-0.4, -0.2) is 25.6 Å². The molecule has 0 aromatic carbocycles. The van der Waals surface area contributed by atoms with Crippen molar-refractivity contribution in [1.82, 2.24) is 14.5 Å². The Bertz CT molecular complexity index is 524. The lowest BCUT2D eigenvalue weighted by Gasteiger charge is -2.00. The Kier molecular flexibility index (Phi) is 3.46. The van der Waals surface area contributed by atoms with Crippen molar-refractivity contribution in [2.75, 3.05) is 0 Å². The van der Waals surface area contributed by atoms with Gasteiger partial charge in [0.1, 0.15) is 10.1 Å². The van der Waals surface area contributed by atoms with Crippen molar-refractivity contribution in [3.8, 4) is 0 Å². The number of nitrogens with zero attached hydrogens (tertiary/aromatic N) is 3. The maximum atomic E-state index is 10.9. The van der Waals surface area contributed by atoms with Gasteiger partial charge in [-0.25, -0.2) is 14.8 Å². The molecule has 0 aliphatic rings. The lowest BCUT2D eigenvalue weighted by molar-refractivity contribution is 0.0698. The van der Waals surface area contributed by atoms with Crippen LogP contribution in [0.5, 0.6) is 0 Å². The zero-order valence-electron chi connectivity index (χ0n) is 7.64. The number of rotatable bonds is 1. The summed E-state index contributed by atoms with van der Waals surface area (Å²) in [5.41, 5.74) is 1.15. The molecule has 80 valence electrons. The number of pyridine rings is 1. The third kappa shape index (κ3) is 2.03. The highest BCUT2D eigenvalue weighted by atomic mass is 79.9. The second-order valence-corrected chi connectivity index (χ2v) is 3.64. The van der Waals surface area contributed by atoms with E-state index in [4.69, 9.17) is 5.11 Å². The molecule has 15 heavy (non-hydrogen) atoms. The molecular weight excluding hydrogens is 330 g/mol. The number of carbonyl (C=O) groups is 1. The first-order valence-corrected chi connectivity index (χ1v) is 4.60. The monoisotopic (exact) mass is 335 g/mol. The van der Waals surface area contributed by atoms with E-state index in [1.807, 2.05) is 0 Å². The minimum absolute atomic E-state index is 0. The van der Waals surface area contributed by atoms with Crippen molar-refractivity contribution < 1.29 is 9.90 Å². The number of aryl methyl sites for hydroxylation is 1. The number of hydrogen-bond acceptors (Lipinski definition) is 3. The van der Waals surface area contributed by atoms with Gasteiger partial charge in [0.15, 0.2) is 5.65 Å². The highest BCUT2D eigenvalue weighted by molar-refractivity contribution is 9.10. The molecule has 0 atom stereocenters. The van der Waals surface area contributed by atoms with Crippen LogP contribution in [0.25, 0.3) is 11.2 Å². The summed E-state index contributed by atoms with van der Waals surface area (Å²) >= 11 is 3.14. The number of aromatic nitrogens is 3. The van der Waals surface area contributed by atoms with Gasteiger partial charge in [-0.05, 0) is 22.0 Å². The lowest BCUT2D eigenvalue weighted by atomic mass is 10.2. The number of fused-ring (bicyclic) bond motifs is 1. The van der Waals surface area contributed by atoms with Crippen molar-refractivity contribution in [3.05, 3.63) is 22.6 Å². The highest BCUT2D eigenvalue weighted by Crippen LogP contribution is 2.19. The largest absolute Gasteiger partial charge is 0.478 e. The molecule has 0 unspecified atom stereocenters. The number of carboxylic acid groups (broad SMARTS) is 1. The summed E-state index contributed by atoms with van der Waals surface area (Å²) in [4.78, 5) is 19.0. The van der Waals surface area contributed by atoms with Crippen LogP contribution in [0.15, 0.2) is 17.0 Å². The van der Waals surface area contributed by atoms with E-state index in [-0.39, 0.29) is 22.5 Å². The van der Waals surface area contributed by atoms with Gasteiger partial charge in [0.05, 0.1) is 11.9 Å². The zero-order valence-corrected chi connectivity index (χ0v) is 10.9. The van der Waals surface area contributed by atoms with Crippen molar-refractivity contribution >= 4 is 50.0 Å². The van der Waals surface area contributed by atoms with Crippen LogP contribution < -0.4 is 0 Å². The quantitative estimate of drug-likeness (QED) is 0.809. The van der Waals surface area contributed by atoms with Crippen LogP contribution in [0.1, 0.15) is 10.4 Å². The summed E-state index contributed by atoms with van der Waals surface area (Å²) in [5, 5.41) is 8.96. The predicted molar refractivity (Wildman–Crippen MR) is 63.5 cm³/mol.